The fraction of sp³-hybridized carbons (Fsp3) is 1.00. The molecular formula is C17H35N3O. The molecule has 0 amide bonds. The summed E-state index contributed by atoms with van der Waals surface area (Å²) in [5, 5.41) is 3.77. The predicted molar refractivity (Wildman–Crippen MR) is 88.7 cm³/mol. The first-order chi connectivity index (χ1) is 10.2. The molecular weight excluding hydrogens is 262 g/mol. The molecule has 0 aromatic heterocycles. The highest BCUT2D eigenvalue weighted by Gasteiger charge is 2.28. The van der Waals surface area contributed by atoms with Crippen LogP contribution in [0, 0.1) is 11.8 Å². The lowest BCUT2D eigenvalue weighted by Crippen LogP contribution is -2.53. The molecule has 1 N–H and O–H groups in total. The zero-order valence-corrected chi connectivity index (χ0v) is 14.3. The fourth-order valence-electron chi connectivity index (χ4n) is 3.53. The summed E-state index contributed by atoms with van der Waals surface area (Å²) in [5.41, 5.74) is 0. The second kappa shape index (κ2) is 9.09. The van der Waals surface area contributed by atoms with Gasteiger partial charge in [0.25, 0.3) is 0 Å². The minimum Gasteiger partial charge on any atom is -0.381 e. The highest BCUT2D eigenvalue weighted by atomic mass is 16.5. The summed E-state index contributed by atoms with van der Waals surface area (Å²) in [4.78, 5) is 5.27. The number of nitrogens with zero attached hydrogens (tertiary/aromatic N) is 2. The van der Waals surface area contributed by atoms with Gasteiger partial charge in [0.2, 0.25) is 0 Å². The molecule has 2 heterocycles. The molecule has 0 aromatic rings. The van der Waals surface area contributed by atoms with Crippen molar-refractivity contribution in [2.75, 3.05) is 59.0 Å². The second-order valence-electron chi connectivity index (χ2n) is 7.18. The SMILES string of the molecule is CCCNC(CN1CCN(CC(C)C)CC1)C1CCOC1. The van der Waals surface area contributed by atoms with Crippen LogP contribution in [0.2, 0.25) is 0 Å². The summed E-state index contributed by atoms with van der Waals surface area (Å²) in [5.74, 6) is 1.50. The molecule has 0 saturated carbocycles. The van der Waals surface area contributed by atoms with Crippen LogP contribution in [0.4, 0.5) is 0 Å². The third-order valence-electron chi connectivity index (χ3n) is 4.73. The number of hydrogen-bond acceptors (Lipinski definition) is 4. The number of ether oxygens (including phenoxy) is 1. The van der Waals surface area contributed by atoms with Crippen molar-refractivity contribution in [3.8, 4) is 0 Å². The van der Waals surface area contributed by atoms with Crippen LogP contribution in [0.1, 0.15) is 33.6 Å². The predicted octanol–water partition coefficient (Wildman–Crippen LogP) is 1.66. The Morgan fingerprint density at radius 1 is 1.10 bits per heavy atom. The lowest BCUT2D eigenvalue weighted by molar-refractivity contribution is 0.102. The van der Waals surface area contributed by atoms with E-state index in [1.165, 1.54) is 52.1 Å². The first-order valence-corrected chi connectivity index (χ1v) is 8.95. The Balaban J connectivity index is 1.75. The Labute approximate surface area is 131 Å². The Morgan fingerprint density at radius 2 is 1.76 bits per heavy atom. The maximum absolute atomic E-state index is 5.60. The summed E-state index contributed by atoms with van der Waals surface area (Å²) in [6.07, 6.45) is 2.45. The van der Waals surface area contributed by atoms with Gasteiger partial charge in [-0.2, -0.15) is 0 Å². The van der Waals surface area contributed by atoms with Crippen molar-refractivity contribution in [3.63, 3.8) is 0 Å². The smallest absolute Gasteiger partial charge is 0.0510 e. The molecule has 0 aromatic carbocycles. The summed E-state index contributed by atoms with van der Waals surface area (Å²) in [7, 11) is 0. The lowest BCUT2D eigenvalue weighted by atomic mass is 9.98. The average Bonchev–Trinajstić information content (AvgIpc) is 2.99. The topological polar surface area (TPSA) is 27.7 Å². The molecule has 2 saturated heterocycles. The third-order valence-corrected chi connectivity index (χ3v) is 4.73. The van der Waals surface area contributed by atoms with Crippen LogP contribution in [-0.4, -0.2) is 74.9 Å². The Morgan fingerprint density at radius 3 is 2.29 bits per heavy atom. The highest BCUT2D eigenvalue weighted by molar-refractivity contribution is 4.84. The van der Waals surface area contributed by atoms with Crippen molar-refractivity contribution in [1.82, 2.24) is 15.1 Å². The van der Waals surface area contributed by atoms with E-state index in [2.05, 4.69) is 35.9 Å². The third kappa shape index (κ3) is 5.85. The first kappa shape index (κ1) is 17.2. The van der Waals surface area contributed by atoms with E-state index in [0.29, 0.717) is 12.0 Å². The molecule has 0 radical (unpaired) electrons. The second-order valence-corrected chi connectivity index (χ2v) is 7.18. The van der Waals surface area contributed by atoms with E-state index in [4.69, 9.17) is 4.74 Å². The summed E-state index contributed by atoms with van der Waals surface area (Å²) >= 11 is 0. The molecule has 124 valence electrons. The van der Waals surface area contributed by atoms with Crippen LogP contribution < -0.4 is 5.32 Å². The van der Waals surface area contributed by atoms with E-state index in [1.807, 2.05) is 0 Å². The molecule has 2 aliphatic rings. The van der Waals surface area contributed by atoms with Crippen LogP contribution in [0.5, 0.6) is 0 Å². The van der Waals surface area contributed by atoms with Crippen molar-refractivity contribution in [1.29, 1.82) is 0 Å². The van der Waals surface area contributed by atoms with E-state index in [9.17, 15) is 0 Å². The Hall–Kier alpha value is -0.160. The summed E-state index contributed by atoms with van der Waals surface area (Å²) in [6, 6.07) is 0.615. The zero-order chi connectivity index (χ0) is 15.1. The molecule has 2 unspecified atom stereocenters. The van der Waals surface area contributed by atoms with Crippen molar-refractivity contribution in [2.24, 2.45) is 11.8 Å². The van der Waals surface area contributed by atoms with Gasteiger partial charge < -0.3 is 15.0 Å². The lowest BCUT2D eigenvalue weighted by Gasteiger charge is -2.38. The molecule has 21 heavy (non-hydrogen) atoms. The zero-order valence-electron chi connectivity index (χ0n) is 14.3. The molecule has 0 spiro atoms. The summed E-state index contributed by atoms with van der Waals surface area (Å²) < 4.78 is 5.60. The quantitative estimate of drug-likeness (QED) is 0.737. The van der Waals surface area contributed by atoms with Gasteiger partial charge in [-0.3, -0.25) is 4.90 Å². The molecule has 4 heteroatoms. The van der Waals surface area contributed by atoms with Gasteiger partial charge >= 0.3 is 0 Å². The maximum atomic E-state index is 5.60. The first-order valence-electron chi connectivity index (χ1n) is 8.95. The number of hydrogen-bond donors (Lipinski definition) is 1. The van der Waals surface area contributed by atoms with E-state index in [1.54, 1.807) is 0 Å². The van der Waals surface area contributed by atoms with Gasteiger partial charge in [-0.25, -0.2) is 0 Å². The highest BCUT2D eigenvalue weighted by Crippen LogP contribution is 2.18. The van der Waals surface area contributed by atoms with E-state index in [0.717, 1.165) is 25.7 Å². The van der Waals surface area contributed by atoms with E-state index < -0.39 is 0 Å². The molecule has 2 atom stereocenters. The van der Waals surface area contributed by atoms with Crippen molar-refractivity contribution in [3.05, 3.63) is 0 Å². The normalized spacial score (nSPS) is 26.6. The maximum Gasteiger partial charge on any atom is 0.0510 e. The van der Waals surface area contributed by atoms with Crippen molar-refractivity contribution < 1.29 is 4.74 Å². The number of nitrogens with one attached hydrogen (secondary N) is 1. The van der Waals surface area contributed by atoms with Gasteiger partial charge in [-0.05, 0) is 25.3 Å². The molecule has 2 rings (SSSR count). The van der Waals surface area contributed by atoms with Gasteiger partial charge in [0.1, 0.15) is 0 Å². The van der Waals surface area contributed by atoms with Gasteiger partial charge in [0.15, 0.2) is 0 Å². The van der Waals surface area contributed by atoms with Gasteiger partial charge in [-0.1, -0.05) is 20.8 Å². The molecule has 0 aliphatic carbocycles. The Bertz CT molecular complexity index is 271. The minimum atomic E-state index is 0.615. The van der Waals surface area contributed by atoms with E-state index >= 15 is 0 Å². The standard InChI is InChI=1S/C17H35N3O/c1-4-6-18-17(16-5-11-21-14-16)13-20-9-7-19(8-10-20)12-15(2)3/h15-18H,4-14H2,1-3H3. The van der Waals surface area contributed by atoms with E-state index in [-0.39, 0.29) is 0 Å². The largest absolute Gasteiger partial charge is 0.381 e. The fourth-order valence-corrected chi connectivity index (χ4v) is 3.53. The monoisotopic (exact) mass is 297 g/mol. The minimum absolute atomic E-state index is 0.615. The van der Waals surface area contributed by atoms with Gasteiger partial charge in [-0.15, -0.1) is 0 Å². The number of rotatable bonds is 8. The number of piperazine rings is 1. The van der Waals surface area contributed by atoms with Gasteiger partial charge in [0.05, 0.1) is 6.61 Å². The van der Waals surface area contributed by atoms with Crippen LogP contribution in [-0.2, 0) is 4.74 Å². The molecule has 0 bridgehead atoms. The van der Waals surface area contributed by atoms with Crippen LogP contribution in [0.3, 0.4) is 0 Å². The van der Waals surface area contributed by atoms with Crippen molar-refractivity contribution >= 4 is 0 Å². The van der Waals surface area contributed by atoms with Crippen molar-refractivity contribution in [2.45, 2.75) is 39.7 Å². The molecule has 4 nitrogen and oxygen atoms in total. The molecule has 2 aliphatic heterocycles. The molecule has 2 fully saturated rings. The average molecular weight is 297 g/mol. The Kier molecular flexibility index (Phi) is 7.44. The van der Waals surface area contributed by atoms with Crippen LogP contribution in [0.25, 0.3) is 0 Å². The van der Waals surface area contributed by atoms with Crippen LogP contribution >= 0.6 is 0 Å². The summed E-state index contributed by atoms with van der Waals surface area (Å²) in [6.45, 7) is 17.3. The van der Waals surface area contributed by atoms with Gasteiger partial charge in [0, 0.05) is 57.8 Å². The van der Waals surface area contributed by atoms with Crippen LogP contribution in [0.15, 0.2) is 0 Å².